The number of unbranched alkanes of at least 4 members (excludes halogenated alkanes) is 1. The van der Waals surface area contributed by atoms with Gasteiger partial charge in [-0.05, 0) is 31.2 Å². The second-order valence-electron chi connectivity index (χ2n) is 5.39. The molecule has 0 radical (unpaired) electrons. The van der Waals surface area contributed by atoms with E-state index in [1.807, 2.05) is 24.4 Å². The molecular formula is C17H26N2O2. The Morgan fingerprint density at radius 1 is 1.33 bits per heavy atom. The van der Waals surface area contributed by atoms with Crippen molar-refractivity contribution >= 4 is 6.21 Å². The molecule has 1 aliphatic heterocycles. The first kappa shape index (κ1) is 16.0. The van der Waals surface area contributed by atoms with Crippen LogP contribution in [0.2, 0.25) is 0 Å². The highest BCUT2D eigenvalue weighted by atomic mass is 16.5. The van der Waals surface area contributed by atoms with E-state index < -0.39 is 0 Å². The van der Waals surface area contributed by atoms with Crippen molar-refractivity contribution in [2.45, 2.75) is 38.3 Å². The normalized spacial score (nSPS) is 18.7. The number of rotatable bonds is 9. The molecule has 21 heavy (non-hydrogen) atoms. The van der Waals surface area contributed by atoms with Crippen LogP contribution in [0.5, 0.6) is 0 Å². The fraction of sp³-hybridized carbons (Fsp3) is 0.588. The van der Waals surface area contributed by atoms with Crippen molar-refractivity contribution in [3.8, 4) is 0 Å². The Morgan fingerprint density at radius 3 is 3.00 bits per heavy atom. The highest BCUT2D eigenvalue weighted by Gasteiger charge is 2.22. The van der Waals surface area contributed by atoms with Crippen molar-refractivity contribution in [2.24, 2.45) is 5.10 Å². The highest BCUT2D eigenvalue weighted by molar-refractivity contribution is 5.56. The van der Waals surface area contributed by atoms with Gasteiger partial charge < -0.3 is 9.47 Å². The van der Waals surface area contributed by atoms with Crippen molar-refractivity contribution < 1.29 is 9.47 Å². The summed E-state index contributed by atoms with van der Waals surface area (Å²) in [7, 11) is 1.75. The first-order valence-electron chi connectivity index (χ1n) is 7.80. The fourth-order valence-corrected chi connectivity index (χ4v) is 2.54. The van der Waals surface area contributed by atoms with Gasteiger partial charge in [0.25, 0.3) is 0 Å². The summed E-state index contributed by atoms with van der Waals surface area (Å²) in [4.78, 5) is 0. The maximum atomic E-state index is 5.66. The molecule has 4 nitrogen and oxygen atoms in total. The van der Waals surface area contributed by atoms with E-state index in [9.17, 15) is 0 Å². The molecule has 0 amide bonds. The lowest BCUT2D eigenvalue weighted by molar-refractivity contribution is 0.116. The first-order chi connectivity index (χ1) is 10.4. The van der Waals surface area contributed by atoms with Gasteiger partial charge in [-0.15, -0.1) is 0 Å². The highest BCUT2D eigenvalue weighted by Crippen LogP contribution is 2.17. The van der Waals surface area contributed by atoms with E-state index >= 15 is 0 Å². The molecule has 0 aliphatic carbocycles. The average Bonchev–Trinajstić information content (AvgIpc) is 2.95. The molecule has 1 atom stereocenters. The summed E-state index contributed by atoms with van der Waals surface area (Å²) in [6, 6.07) is 10.7. The smallest absolute Gasteiger partial charge is 0.0716 e. The Labute approximate surface area is 127 Å². The van der Waals surface area contributed by atoms with E-state index in [1.54, 1.807) is 7.11 Å². The molecule has 0 bridgehead atoms. The van der Waals surface area contributed by atoms with Gasteiger partial charge in [0.15, 0.2) is 0 Å². The van der Waals surface area contributed by atoms with Crippen LogP contribution in [0.4, 0.5) is 0 Å². The van der Waals surface area contributed by atoms with E-state index in [0.29, 0.717) is 12.6 Å². The van der Waals surface area contributed by atoms with E-state index in [1.165, 1.54) is 18.4 Å². The second-order valence-corrected chi connectivity index (χ2v) is 5.39. The van der Waals surface area contributed by atoms with E-state index in [-0.39, 0.29) is 0 Å². The second kappa shape index (κ2) is 9.53. The lowest BCUT2D eigenvalue weighted by atomic mass is 10.2. The van der Waals surface area contributed by atoms with Gasteiger partial charge in [0.2, 0.25) is 0 Å². The summed E-state index contributed by atoms with van der Waals surface area (Å²) in [5.74, 6) is 0. The summed E-state index contributed by atoms with van der Waals surface area (Å²) in [5.41, 5.74) is 1.23. The summed E-state index contributed by atoms with van der Waals surface area (Å²) in [5, 5.41) is 6.71. The molecule has 2 rings (SSSR count). The standard InChI is InChI=1S/C17H26N2O2/c1-20-15-17-10-7-12-19(17)18-11-5-6-13-21-14-16-8-3-2-4-9-16/h2-4,8-9,11,17H,5-7,10,12-15H2,1H3/b18-11-/t17-/m0/s1. The molecule has 4 heteroatoms. The van der Waals surface area contributed by atoms with Crippen molar-refractivity contribution in [2.75, 3.05) is 26.9 Å². The number of benzene rings is 1. The van der Waals surface area contributed by atoms with Crippen LogP contribution in [0.25, 0.3) is 0 Å². The summed E-state index contributed by atoms with van der Waals surface area (Å²) in [6.07, 6.45) is 6.39. The maximum Gasteiger partial charge on any atom is 0.0716 e. The third kappa shape index (κ3) is 5.86. The van der Waals surface area contributed by atoms with Crippen molar-refractivity contribution in [1.29, 1.82) is 0 Å². The number of hydrogen-bond donors (Lipinski definition) is 0. The van der Waals surface area contributed by atoms with E-state index in [0.717, 1.165) is 32.6 Å². The van der Waals surface area contributed by atoms with Crippen molar-refractivity contribution in [1.82, 2.24) is 5.01 Å². The van der Waals surface area contributed by atoms with Gasteiger partial charge in [-0.3, -0.25) is 5.01 Å². The molecule has 116 valence electrons. The molecule has 0 N–H and O–H groups in total. The van der Waals surface area contributed by atoms with Crippen LogP contribution in [-0.2, 0) is 16.1 Å². The molecule has 1 saturated heterocycles. The molecule has 1 aliphatic rings. The van der Waals surface area contributed by atoms with Crippen LogP contribution in [0.15, 0.2) is 35.4 Å². The third-order valence-corrected chi connectivity index (χ3v) is 3.67. The van der Waals surface area contributed by atoms with Crippen molar-refractivity contribution in [3.05, 3.63) is 35.9 Å². The number of hydrazone groups is 1. The lowest BCUT2D eigenvalue weighted by Gasteiger charge is -2.20. The van der Waals surface area contributed by atoms with Gasteiger partial charge in [0, 0.05) is 26.5 Å². The van der Waals surface area contributed by atoms with Gasteiger partial charge >= 0.3 is 0 Å². The van der Waals surface area contributed by atoms with E-state index in [4.69, 9.17) is 9.47 Å². The zero-order chi connectivity index (χ0) is 14.8. The molecule has 1 fully saturated rings. The Balaban J connectivity index is 1.54. The number of methoxy groups -OCH3 is 1. The zero-order valence-electron chi connectivity index (χ0n) is 12.9. The third-order valence-electron chi connectivity index (χ3n) is 3.67. The van der Waals surface area contributed by atoms with E-state index in [2.05, 4.69) is 22.2 Å². The summed E-state index contributed by atoms with van der Waals surface area (Å²) in [6.45, 7) is 3.30. The van der Waals surface area contributed by atoms with Crippen LogP contribution >= 0.6 is 0 Å². The molecule has 0 saturated carbocycles. The molecule has 0 unspecified atom stereocenters. The SMILES string of the molecule is COC[C@@H]1CCCN1/N=C\CCCOCc1ccccc1. The van der Waals surface area contributed by atoms with Crippen LogP contribution in [-0.4, -0.2) is 44.1 Å². The molecule has 1 aromatic carbocycles. The predicted molar refractivity (Wildman–Crippen MR) is 85.4 cm³/mol. The molecule has 0 spiro atoms. The summed E-state index contributed by atoms with van der Waals surface area (Å²) < 4.78 is 10.9. The Bertz CT molecular complexity index is 409. The van der Waals surface area contributed by atoms with Gasteiger partial charge in [-0.1, -0.05) is 30.3 Å². The fourth-order valence-electron chi connectivity index (χ4n) is 2.54. The Hall–Kier alpha value is -1.39. The maximum absolute atomic E-state index is 5.66. The lowest BCUT2D eigenvalue weighted by Crippen LogP contribution is -2.28. The monoisotopic (exact) mass is 290 g/mol. The van der Waals surface area contributed by atoms with Gasteiger partial charge in [0.05, 0.1) is 19.3 Å². The molecule has 0 aromatic heterocycles. The molecule has 1 aromatic rings. The minimum Gasteiger partial charge on any atom is -0.382 e. The number of nitrogens with zero attached hydrogens (tertiary/aromatic N) is 2. The molecular weight excluding hydrogens is 264 g/mol. The quantitative estimate of drug-likeness (QED) is 0.518. The van der Waals surface area contributed by atoms with Crippen molar-refractivity contribution in [3.63, 3.8) is 0 Å². The largest absolute Gasteiger partial charge is 0.382 e. The Morgan fingerprint density at radius 2 is 2.19 bits per heavy atom. The molecule has 1 heterocycles. The van der Waals surface area contributed by atoms with Gasteiger partial charge in [-0.25, -0.2) is 0 Å². The van der Waals surface area contributed by atoms with Crippen LogP contribution in [0.1, 0.15) is 31.2 Å². The zero-order valence-corrected chi connectivity index (χ0v) is 12.9. The number of ether oxygens (including phenoxy) is 2. The van der Waals surface area contributed by atoms with Crippen LogP contribution in [0, 0.1) is 0 Å². The van der Waals surface area contributed by atoms with Gasteiger partial charge in [-0.2, -0.15) is 5.10 Å². The average molecular weight is 290 g/mol. The first-order valence-corrected chi connectivity index (χ1v) is 7.80. The number of hydrogen-bond acceptors (Lipinski definition) is 4. The minimum atomic E-state index is 0.459. The predicted octanol–water partition coefficient (Wildman–Crippen LogP) is 3.08. The summed E-state index contributed by atoms with van der Waals surface area (Å²) >= 11 is 0. The Kier molecular flexibility index (Phi) is 7.25. The minimum absolute atomic E-state index is 0.459. The topological polar surface area (TPSA) is 34.1 Å². The van der Waals surface area contributed by atoms with Crippen LogP contribution < -0.4 is 0 Å². The van der Waals surface area contributed by atoms with Crippen LogP contribution in [0.3, 0.4) is 0 Å². The van der Waals surface area contributed by atoms with Gasteiger partial charge in [0.1, 0.15) is 0 Å².